The molecular weight excluding hydrogens is 192 g/mol. The van der Waals surface area contributed by atoms with Crippen LogP contribution in [0.3, 0.4) is 0 Å². The van der Waals surface area contributed by atoms with Gasteiger partial charge in [0.2, 0.25) is 5.91 Å². The average Bonchev–Trinajstić information content (AvgIpc) is 2.18. The lowest BCUT2D eigenvalue weighted by Gasteiger charge is -2.24. The van der Waals surface area contributed by atoms with Crippen molar-refractivity contribution in [3.8, 4) is 0 Å². The van der Waals surface area contributed by atoms with E-state index in [2.05, 4.69) is 5.32 Å². The number of anilines is 1. The van der Waals surface area contributed by atoms with Crippen molar-refractivity contribution in [3.63, 3.8) is 0 Å². The number of hydrogen-bond acceptors (Lipinski definition) is 3. The van der Waals surface area contributed by atoms with Crippen molar-refractivity contribution < 1.29 is 9.90 Å². The molecule has 1 amide bonds. The standard InChI is InChI=1S/C11H14N2O2/c12-11(15)4-7-2-1-3-10-9(7)5-8(14)6-13-10/h1-3,8,13-14H,4-6H2,(H2,12,15). The highest BCUT2D eigenvalue weighted by Gasteiger charge is 2.18. The van der Waals surface area contributed by atoms with Crippen LogP contribution in [-0.2, 0) is 17.6 Å². The van der Waals surface area contributed by atoms with E-state index < -0.39 is 0 Å². The van der Waals surface area contributed by atoms with Crippen molar-refractivity contribution >= 4 is 11.6 Å². The summed E-state index contributed by atoms with van der Waals surface area (Å²) in [6, 6.07) is 5.72. The summed E-state index contributed by atoms with van der Waals surface area (Å²) >= 11 is 0. The summed E-state index contributed by atoms with van der Waals surface area (Å²) in [4.78, 5) is 10.9. The number of nitrogens with one attached hydrogen (secondary N) is 1. The molecule has 0 aromatic heterocycles. The Morgan fingerprint density at radius 1 is 1.60 bits per heavy atom. The van der Waals surface area contributed by atoms with Crippen molar-refractivity contribution in [3.05, 3.63) is 29.3 Å². The molecule has 1 aliphatic heterocycles. The molecular formula is C11H14N2O2. The highest BCUT2D eigenvalue weighted by atomic mass is 16.3. The molecule has 1 aromatic carbocycles. The number of carbonyl (C=O) groups excluding carboxylic acids is 1. The van der Waals surface area contributed by atoms with Crippen LogP contribution in [0.5, 0.6) is 0 Å². The number of aliphatic hydroxyl groups excluding tert-OH is 1. The van der Waals surface area contributed by atoms with Gasteiger partial charge in [0.05, 0.1) is 12.5 Å². The van der Waals surface area contributed by atoms with Crippen LogP contribution in [0.15, 0.2) is 18.2 Å². The molecule has 0 bridgehead atoms. The minimum Gasteiger partial charge on any atom is -0.391 e. The second-order valence-electron chi connectivity index (χ2n) is 3.83. The molecule has 4 nitrogen and oxygen atoms in total. The smallest absolute Gasteiger partial charge is 0.221 e. The van der Waals surface area contributed by atoms with Gasteiger partial charge >= 0.3 is 0 Å². The first kappa shape index (κ1) is 9.98. The molecule has 4 heteroatoms. The Hall–Kier alpha value is -1.55. The first-order valence-corrected chi connectivity index (χ1v) is 4.98. The molecule has 1 aromatic rings. The zero-order valence-electron chi connectivity index (χ0n) is 8.36. The summed E-state index contributed by atoms with van der Waals surface area (Å²) in [6.45, 7) is 0.563. The molecule has 1 unspecified atom stereocenters. The molecule has 0 fully saturated rings. The molecule has 2 rings (SSSR count). The Kier molecular flexibility index (Phi) is 2.60. The Morgan fingerprint density at radius 3 is 3.13 bits per heavy atom. The van der Waals surface area contributed by atoms with Crippen molar-refractivity contribution in [2.45, 2.75) is 18.9 Å². The number of benzene rings is 1. The third kappa shape index (κ3) is 2.10. The fourth-order valence-electron chi connectivity index (χ4n) is 1.93. The highest BCUT2D eigenvalue weighted by Crippen LogP contribution is 2.25. The average molecular weight is 206 g/mol. The number of primary amides is 1. The lowest BCUT2D eigenvalue weighted by atomic mass is 9.94. The SMILES string of the molecule is NC(=O)Cc1cccc2c1CC(O)CN2. The van der Waals surface area contributed by atoms with Gasteiger partial charge in [-0.1, -0.05) is 12.1 Å². The summed E-state index contributed by atoms with van der Waals surface area (Å²) in [7, 11) is 0. The van der Waals surface area contributed by atoms with E-state index in [-0.39, 0.29) is 18.4 Å². The zero-order valence-corrected chi connectivity index (χ0v) is 8.36. The van der Waals surface area contributed by atoms with Crippen LogP contribution < -0.4 is 11.1 Å². The van der Waals surface area contributed by atoms with E-state index in [1.165, 1.54) is 0 Å². The lowest BCUT2D eigenvalue weighted by Crippen LogP contribution is -2.29. The van der Waals surface area contributed by atoms with E-state index in [1.807, 2.05) is 18.2 Å². The molecule has 4 N–H and O–H groups in total. The molecule has 0 radical (unpaired) electrons. The predicted molar refractivity (Wildman–Crippen MR) is 57.5 cm³/mol. The van der Waals surface area contributed by atoms with Gasteiger partial charge < -0.3 is 16.2 Å². The number of fused-ring (bicyclic) bond motifs is 1. The number of aliphatic hydroxyl groups is 1. The Balaban J connectivity index is 2.35. The van der Waals surface area contributed by atoms with Gasteiger partial charge in [0, 0.05) is 18.7 Å². The maximum Gasteiger partial charge on any atom is 0.221 e. The van der Waals surface area contributed by atoms with Gasteiger partial charge in [-0.15, -0.1) is 0 Å². The van der Waals surface area contributed by atoms with Crippen LogP contribution in [0.2, 0.25) is 0 Å². The maximum atomic E-state index is 10.9. The highest BCUT2D eigenvalue weighted by molar-refractivity contribution is 5.78. The van der Waals surface area contributed by atoms with E-state index >= 15 is 0 Å². The third-order valence-corrected chi connectivity index (χ3v) is 2.61. The predicted octanol–water partition coefficient (Wildman–Crippen LogP) is 0.0433. The quantitative estimate of drug-likeness (QED) is 0.639. The Labute approximate surface area is 88.1 Å². The van der Waals surface area contributed by atoms with Crippen molar-refractivity contribution in [2.75, 3.05) is 11.9 Å². The van der Waals surface area contributed by atoms with Crippen LogP contribution in [-0.4, -0.2) is 23.7 Å². The summed E-state index contributed by atoms with van der Waals surface area (Å²) in [5.74, 6) is -0.344. The van der Waals surface area contributed by atoms with Crippen LogP contribution in [0.1, 0.15) is 11.1 Å². The first-order chi connectivity index (χ1) is 7.16. The van der Waals surface area contributed by atoms with Crippen LogP contribution in [0.4, 0.5) is 5.69 Å². The van der Waals surface area contributed by atoms with Gasteiger partial charge in [0.15, 0.2) is 0 Å². The molecule has 1 heterocycles. The third-order valence-electron chi connectivity index (χ3n) is 2.61. The minimum absolute atomic E-state index is 0.234. The van der Waals surface area contributed by atoms with Gasteiger partial charge in [-0.2, -0.15) is 0 Å². The topological polar surface area (TPSA) is 75.4 Å². The normalized spacial score (nSPS) is 19.1. The van der Waals surface area contributed by atoms with Gasteiger partial charge in [-0.05, 0) is 17.2 Å². The molecule has 80 valence electrons. The zero-order chi connectivity index (χ0) is 10.8. The Morgan fingerprint density at radius 2 is 2.40 bits per heavy atom. The van der Waals surface area contributed by atoms with Crippen molar-refractivity contribution in [1.29, 1.82) is 0 Å². The molecule has 0 saturated heterocycles. The molecule has 0 aliphatic carbocycles. The summed E-state index contributed by atoms with van der Waals surface area (Å²) in [5.41, 5.74) is 8.09. The van der Waals surface area contributed by atoms with E-state index in [4.69, 9.17) is 5.73 Å². The first-order valence-electron chi connectivity index (χ1n) is 4.98. The van der Waals surface area contributed by atoms with E-state index in [0.29, 0.717) is 13.0 Å². The second-order valence-corrected chi connectivity index (χ2v) is 3.83. The summed E-state index contributed by atoms with van der Waals surface area (Å²) in [5, 5.41) is 12.7. The monoisotopic (exact) mass is 206 g/mol. The van der Waals surface area contributed by atoms with E-state index in [9.17, 15) is 9.90 Å². The number of carbonyl (C=O) groups is 1. The number of nitrogens with two attached hydrogens (primary N) is 1. The number of β-amino-alcohol motifs (C(OH)–C–C–N with tert-alkyl or cyclic N) is 1. The Bertz CT molecular complexity index is 390. The van der Waals surface area contributed by atoms with Gasteiger partial charge in [-0.25, -0.2) is 0 Å². The molecule has 0 spiro atoms. The molecule has 1 atom stereocenters. The van der Waals surface area contributed by atoms with Crippen LogP contribution >= 0.6 is 0 Å². The fraction of sp³-hybridized carbons (Fsp3) is 0.364. The van der Waals surface area contributed by atoms with E-state index in [1.54, 1.807) is 0 Å². The van der Waals surface area contributed by atoms with Crippen molar-refractivity contribution in [1.82, 2.24) is 0 Å². The fourth-order valence-corrected chi connectivity index (χ4v) is 1.93. The minimum atomic E-state index is -0.383. The van der Waals surface area contributed by atoms with Crippen molar-refractivity contribution in [2.24, 2.45) is 5.73 Å². The molecule has 0 saturated carbocycles. The van der Waals surface area contributed by atoms with Crippen LogP contribution in [0, 0.1) is 0 Å². The molecule has 15 heavy (non-hydrogen) atoms. The number of rotatable bonds is 2. The maximum absolute atomic E-state index is 10.9. The summed E-state index contributed by atoms with van der Waals surface area (Å²) in [6.07, 6.45) is 0.440. The van der Waals surface area contributed by atoms with Gasteiger partial charge in [0.1, 0.15) is 0 Å². The van der Waals surface area contributed by atoms with Crippen LogP contribution in [0.25, 0.3) is 0 Å². The number of amides is 1. The molecule has 1 aliphatic rings. The number of hydrogen-bond donors (Lipinski definition) is 3. The second kappa shape index (κ2) is 3.90. The largest absolute Gasteiger partial charge is 0.391 e. The van der Waals surface area contributed by atoms with Gasteiger partial charge in [-0.3, -0.25) is 4.79 Å². The van der Waals surface area contributed by atoms with Gasteiger partial charge in [0.25, 0.3) is 0 Å². The van der Waals surface area contributed by atoms with E-state index in [0.717, 1.165) is 16.8 Å². The summed E-state index contributed by atoms with van der Waals surface area (Å²) < 4.78 is 0. The lowest BCUT2D eigenvalue weighted by molar-refractivity contribution is -0.117.